The predicted molar refractivity (Wildman–Crippen MR) is 110 cm³/mol. The number of amides is 3. The molecule has 3 amide bonds. The van der Waals surface area contributed by atoms with Gasteiger partial charge in [-0.3, -0.25) is 4.79 Å². The van der Waals surface area contributed by atoms with Crippen LogP contribution in [-0.4, -0.2) is 11.9 Å². The molecule has 1 aromatic heterocycles. The van der Waals surface area contributed by atoms with Gasteiger partial charge in [-0.05, 0) is 54.6 Å². The van der Waals surface area contributed by atoms with Gasteiger partial charge in [0.15, 0.2) is 0 Å². The van der Waals surface area contributed by atoms with Crippen molar-refractivity contribution in [3.05, 3.63) is 82.3 Å². The van der Waals surface area contributed by atoms with E-state index in [-0.39, 0.29) is 11.6 Å². The van der Waals surface area contributed by atoms with E-state index < -0.39 is 6.03 Å². The van der Waals surface area contributed by atoms with Crippen LogP contribution < -0.4 is 10.2 Å². The van der Waals surface area contributed by atoms with Gasteiger partial charge in [0, 0.05) is 14.8 Å². The number of nitrogens with zero attached hydrogens (tertiary/aromatic N) is 1. The summed E-state index contributed by atoms with van der Waals surface area (Å²) in [7, 11) is 0. The minimum atomic E-state index is -0.440. The molecule has 2 aromatic carbocycles. The van der Waals surface area contributed by atoms with Crippen LogP contribution in [0.3, 0.4) is 0 Å². The topological polar surface area (TPSA) is 49.4 Å². The highest BCUT2D eigenvalue weighted by Crippen LogP contribution is 2.35. The van der Waals surface area contributed by atoms with Gasteiger partial charge in [-0.15, -0.1) is 11.3 Å². The molecular weight excluding hydrogens is 400 g/mol. The lowest BCUT2D eigenvalue weighted by molar-refractivity contribution is -0.113. The number of carbonyl (C=O) groups is 2. The lowest BCUT2D eigenvalue weighted by Crippen LogP contribution is -2.30. The van der Waals surface area contributed by atoms with E-state index in [0.29, 0.717) is 10.7 Å². The molecule has 0 unspecified atom stereocenters. The third-order valence-electron chi connectivity index (χ3n) is 3.81. The second kappa shape index (κ2) is 7.60. The second-order valence-corrected chi connectivity index (χ2v) is 8.60. The molecule has 4 rings (SSSR count). The number of benzene rings is 2. The van der Waals surface area contributed by atoms with Gasteiger partial charge in [-0.1, -0.05) is 41.6 Å². The molecule has 0 atom stereocenters. The summed E-state index contributed by atoms with van der Waals surface area (Å²) in [6, 6.07) is 20.0. The Hall–Kier alpha value is -2.54. The van der Waals surface area contributed by atoms with E-state index >= 15 is 0 Å². The van der Waals surface area contributed by atoms with Crippen molar-refractivity contribution in [2.75, 3.05) is 4.90 Å². The van der Waals surface area contributed by atoms with E-state index in [4.69, 9.17) is 11.6 Å². The highest BCUT2D eigenvalue weighted by Gasteiger charge is 2.34. The summed E-state index contributed by atoms with van der Waals surface area (Å²) in [5, 5.41) is 3.35. The number of para-hydroxylation sites is 1. The first-order chi connectivity index (χ1) is 13.1. The Labute approximate surface area is 169 Å². The fraction of sp³-hybridized carbons (Fsp3) is 0. The van der Waals surface area contributed by atoms with Crippen LogP contribution in [0.4, 0.5) is 10.5 Å². The Kier molecular flexibility index (Phi) is 5.03. The van der Waals surface area contributed by atoms with Crippen LogP contribution in [0.2, 0.25) is 5.02 Å². The number of thiophene rings is 1. The first-order valence-corrected chi connectivity index (χ1v) is 10.1. The monoisotopic (exact) mass is 412 g/mol. The van der Waals surface area contributed by atoms with E-state index in [1.165, 1.54) is 0 Å². The van der Waals surface area contributed by atoms with E-state index in [2.05, 4.69) is 5.32 Å². The number of imide groups is 1. The molecule has 1 N–H and O–H groups in total. The molecule has 1 aliphatic rings. The van der Waals surface area contributed by atoms with E-state index in [9.17, 15) is 9.59 Å². The van der Waals surface area contributed by atoms with Crippen LogP contribution in [0.1, 0.15) is 4.88 Å². The van der Waals surface area contributed by atoms with Gasteiger partial charge >= 0.3 is 6.03 Å². The molecule has 4 nitrogen and oxygen atoms in total. The molecule has 7 heteroatoms. The largest absolute Gasteiger partial charge is 0.333 e. The van der Waals surface area contributed by atoms with E-state index in [0.717, 1.165) is 18.9 Å². The van der Waals surface area contributed by atoms with Crippen LogP contribution in [-0.2, 0) is 4.79 Å². The fourth-order valence-corrected chi connectivity index (χ4v) is 4.77. The zero-order valence-electron chi connectivity index (χ0n) is 13.9. The van der Waals surface area contributed by atoms with Crippen molar-refractivity contribution in [3.63, 3.8) is 0 Å². The molecule has 0 bridgehead atoms. The molecule has 1 fully saturated rings. The summed E-state index contributed by atoms with van der Waals surface area (Å²) in [6.07, 6.45) is 1.71. The first kappa shape index (κ1) is 17.9. The zero-order chi connectivity index (χ0) is 18.8. The van der Waals surface area contributed by atoms with Crippen molar-refractivity contribution >= 4 is 58.4 Å². The average molecular weight is 413 g/mol. The summed E-state index contributed by atoms with van der Waals surface area (Å²) in [5.41, 5.74) is 0.822. The smallest absolute Gasteiger partial charge is 0.302 e. The molecule has 0 radical (unpaired) electrons. The van der Waals surface area contributed by atoms with Gasteiger partial charge in [-0.25, -0.2) is 9.69 Å². The minimum Gasteiger partial charge on any atom is -0.302 e. The number of halogens is 1. The molecular formula is C20H13ClN2O2S2. The van der Waals surface area contributed by atoms with Gasteiger partial charge in [0.05, 0.1) is 9.90 Å². The van der Waals surface area contributed by atoms with Crippen molar-refractivity contribution in [2.24, 2.45) is 0 Å². The van der Waals surface area contributed by atoms with Gasteiger partial charge in [-0.2, -0.15) is 0 Å². The Morgan fingerprint density at radius 3 is 2.44 bits per heavy atom. The van der Waals surface area contributed by atoms with Crippen molar-refractivity contribution < 1.29 is 9.59 Å². The van der Waals surface area contributed by atoms with Crippen molar-refractivity contribution in [1.82, 2.24) is 5.32 Å². The maximum Gasteiger partial charge on any atom is 0.333 e. The number of carbonyl (C=O) groups excluding carboxylic acids is 2. The maximum absolute atomic E-state index is 12.6. The number of urea groups is 1. The molecule has 0 saturated carbocycles. The van der Waals surface area contributed by atoms with Gasteiger partial charge in [0.25, 0.3) is 5.91 Å². The van der Waals surface area contributed by atoms with Crippen molar-refractivity contribution in [1.29, 1.82) is 0 Å². The number of hydrogen-bond donors (Lipinski definition) is 1. The average Bonchev–Trinajstić information content (AvgIpc) is 3.22. The molecule has 134 valence electrons. The lowest BCUT2D eigenvalue weighted by Gasteiger charge is -2.10. The Morgan fingerprint density at radius 2 is 1.70 bits per heavy atom. The van der Waals surface area contributed by atoms with Crippen LogP contribution in [0.25, 0.3) is 6.08 Å². The third-order valence-corrected chi connectivity index (χ3v) is 6.24. The quantitative estimate of drug-likeness (QED) is 0.445. The Morgan fingerprint density at radius 1 is 0.963 bits per heavy atom. The molecule has 1 aliphatic heterocycles. The lowest BCUT2D eigenvalue weighted by atomic mass is 10.3. The second-order valence-electron chi connectivity index (χ2n) is 5.68. The minimum absolute atomic E-state index is 0.272. The van der Waals surface area contributed by atoms with Crippen LogP contribution in [0, 0.1) is 0 Å². The highest BCUT2D eigenvalue weighted by molar-refractivity contribution is 8.01. The van der Waals surface area contributed by atoms with E-state index in [1.807, 2.05) is 42.5 Å². The van der Waals surface area contributed by atoms with Gasteiger partial charge in [0.2, 0.25) is 0 Å². The first-order valence-electron chi connectivity index (χ1n) is 8.05. The fourth-order valence-electron chi connectivity index (χ4n) is 2.57. The number of nitrogens with one attached hydrogen (secondary N) is 1. The van der Waals surface area contributed by atoms with Gasteiger partial charge in [0.1, 0.15) is 5.70 Å². The number of hydrogen-bond acceptors (Lipinski definition) is 4. The molecule has 0 spiro atoms. The summed E-state index contributed by atoms with van der Waals surface area (Å²) < 4.78 is 1.08. The SMILES string of the molecule is O=C1NC(=Cc2ccc(Sc3ccc(Cl)cc3)s2)C(=O)N1c1ccccc1. The maximum atomic E-state index is 12.6. The summed E-state index contributed by atoms with van der Waals surface area (Å²) in [4.78, 5) is 27.9. The Bertz CT molecular complexity index is 1030. The number of anilines is 1. The normalized spacial score (nSPS) is 15.4. The molecule has 3 aromatic rings. The van der Waals surface area contributed by atoms with Crippen LogP contribution in [0.15, 0.2) is 81.5 Å². The van der Waals surface area contributed by atoms with Crippen molar-refractivity contribution in [3.8, 4) is 0 Å². The predicted octanol–water partition coefficient (Wildman–Crippen LogP) is 5.65. The molecule has 1 saturated heterocycles. The van der Waals surface area contributed by atoms with Crippen molar-refractivity contribution in [2.45, 2.75) is 9.10 Å². The summed E-state index contributed by atoms with van der Waals surface area (Å²) in [5.74, 6) is -0.355. The standard InChI is InChI=1S/C20H13ClN2O2S2/c21-13-6-8-15(9-7-13)26-18-11-10-16(27-18)12-17-19(24)23(20(25)22-17)14-4-2-1-3-5-14/h1-12H,(H,22,25). The van der Waals surface area contributed by atoms with Crippen LogP contribution in [0.5, 0.6) is 0 Å². The molecule has 27 heavy (non-hydrogen) atoms. The van der Waals surface area contributed by atoms with Gasteiger partial charge < -0.3 is 5.32 Å². The number of rotatable bonds is 4. The Balaban J connectivity index is 1.52. The summed E-state index contributed by atoms with van der Waals surface area (Å²) in [6.45, 7) is 0. The molecule has 0 aliphatic carbocycles. The summed E-state index contributed by atoms with van der Waals surface area (Å²) >= 11 is 9.08. The molecule has 2 heterocycles. The van der Waals surface area contributed by atoms with Crippen LogP contribution >= 0.6 is 34.7 Å². The highest BCUT2D eigenvalue weighted by atomic mass is 35.5. The van der Waals surface area contributed by atoms with E-state index in [1.54, 1.807) is 53.4 Å². The zero-order valence-corrected chi connectivity index (χ0v) is 16.3. The third kappa shape index (κ3) is 3.93.